The number of fused-ring (bicyclic) bond motifs is 1. The van der Waals surface area contributed by atoms with Gasteiger partial charge in [0.15, 0.2) is 0 Å². The van der Waals surface area contributed by atoms with Crippen LogP contribution in [0.5, 0.6) is 0 Å². The van der Waals surface area contributed by atoms with Gasteiger partial charge in [0.2, 0.25) is 0 Å². The zero-order chi connectivity index (χ0) is 6.97. The number of allylic oxidation sites excluding steroid dienone is 4. The summed E-state index contributed by atoms with van der Waals surface area (Å²) in [7, 11) is 0. The Morgan fingerprint density at radius 3 is 3.30 bits per heavy atom. The molecule has 1 heterocycles. The van der Waals surface area contributed by atoms with Gasteiger partial charge in [-0.2, -0.15) is 0 Å². The van der Waals surface area contributed by atoms with Crippen LogP contribution >= 0.6 is 0 Å². The second kappa shape index (κ2) is 2.13. The predicted octanol–water partition coefficient (Wildman–Crippen LogP) is 1.54. The van der Waals surface area contributed by atoms with Gasteiger partial charge in [0.25, 0.3) is 0 Å². The van der Waals surface area contributed by atoms with Gasteiger partial charge in [-0.05, 0) is 18.9 Å². The lowest BCUT2D eigenvalue weighted by Gasteiger charge is -2.15. The van der Waals surface area contributed by atoms with E-state index in [4.69, 9.17) is 0 Å². The van der Waals surface area contributed by atoms with Gasteiger partial charge in [-0.1, -0.05) is 12.2 Å². The molecule has 1 aliphatic heterocycles. The molecule has 0 aromatic heterocycles. The van der Waals surface area contributed by atoms with Crippen molar-refractivity contribution in [3.05, 3.63) is 23.9 Å². The normalized spacial score (nSPS) is 30.3. The highest BCUT2D eigenvalue weighted by Gasteiger charge is 2.26. The van der Waals surface area contributed by atoms with Crippen LogP contribution in [0.25, 0.3) is 0 Å². The zero-order valence-electron chi connectivity index (χ0n) is 5.83. The minimum atomic E-state index is 0.593. The van der Waals surface area contributed by atoms with Crippen molar-refractivity contribution in [2.75, 3.05) is 6.54 Å². The molecule has 1 fully saturated rings. The Hall–Kier alpha value is -0.760. The van der Waals surface area contributed by atoms with Crippen molar-refractivity contribution >= 4 is 0 Å². The summed E-state index contributed by atoms with van der Waals surface area (Å²) >= 11 is 0. The Bertz CT molecular complexity index is 195. The third-order valence-corrected chi connectivity index (χ3v) is 2.23. The zero-order valence-corrected chi connectivity index (χ0v) is 5.83. The van der Waals surface area contributed by atoms with Crippen LogP contribution in [0.15, 0.2) is 23.9 Å². The second-order valence-electron chi connectivity index (χ2n) is 2.86. The van der Waals surface area contributed by atoms with Gasteiger partial charge in [0, 0.05) is 18.2 Å². The Labute approximate surface area is 60.4 Å². The Kier molecular flexibility index (Phi) is 1.27. The Morgan fingerprint density at radius 1 is 1.60 bits per heavy atom. The summed E-state index contributed by atoms with van der Waals surface area (Å²) in [5.74, 6) is 0.593. The SMILES string of the molecule is ON1CCC2CC=CC=C21. The molecule has 0 aromatic carbocycles. The molecular weight excluding hydrogens is 126 g/mol. The second-order valence-corrected chi connectivity index (χ2v) is 2.86. The lowest BCUT2D eigenvalue weighted by molar-refractivity contribution is -0.0406. The van der Waals surface area contributed by atoms with E-state index in [1.54, 1.807) is 0 Å². The van der Waals surface area contributed by atoms with E-state index in [9.17, 15) is 5.21 Å². The highest BCUT2D eigenvalue weighted by Crippen LogP contribution is 2.31. The molecule has 0 saturated carbocycles. The highest BCUT2D eigenvalue weighted by atomic mass is 16.5. The van der Waals surface area contributed by atoms with E-state index in [1.165, 1.54) is 5.06 Å². The minimum Gasteiger partial charge on any atom is -0.289 e. The summed E-state index contributed by atoms with van der Waals surface area (Å²) in [6.07, 6.45) is 8.38. The number of hydrogen-bond donors (Lipinski definition) is 1. The lowest BCUT2D eigenvalue weighted by Crippen LogP contribution is -2.13. The first kappa shape index (κ1) is 5.98. The van der Waals surface area contributed by atoms with Crippen LogP contribution in [0, 0.1) is 5.92 Å². The summed E-state index contributed by atoms with van der Waals surface area (Å²) in [5.41, 5.74) is 1.10. The Morgan fingerprint density at radius 2 is 2.50 bits per heavy atom. The van der Waals surface area contributed by atoms with Crippen molar-refractivity contribution in [2.24, 2.45) is 5.92 Å². The van der Waals surface area contributed by atoms with E-state index in [0.717, 1.165) is 25.1 Å². The van der Waals surface area contributed by atoms with Gasteiger partial charge in [-0.15, -0.1) is 0 Å². The van der Waals surface area contributed by atoms with Gasteiger partial charge < -0.3 is 0 Å². The molecule has 2 rings (SSSR count). The van der Waals surface area contributed by atoms with Crippen LogP contribution in [-0.2, 0) is 0 Å². The molecule has 0 spiro atoms. The highest BCUT2D eigenvalue weighted by molar-refractivity contribution is 5.21. The average molecular weight is 137 g/mol. The van der Waals surface area contributed by atoms with E-state index >= 15 is 0 Å². The number of hydrogen-bond acceptors (Lipinski definition) is 2. The predicted molar refractivity (Wildman–Crippen MR) is 38.4 cm³/mol. The fourth-order valence-corrected chi connectivity index (χ4v) is 1.64. The van der Waals surface area contributed by atoms with E-state index in [1.807, 2.05) is 12.2 Å². The van der Waals surface area contributed by atoms with E-state index in [-0.39, 0.29) is 0 Å². The maximum atomic E-state index is 9.26. The van der Waals surface area contributed by atoms with Crippen molar-refractivity contribution in [3.8, 4) is 0 Å². The molecule has 54 valence electrons. The molecule has 1 atom stereocenters. The van der Waals surface area contributed by atoms with Crippen LogP contribution in [-0.4, -0.2) is 16.8 Å². The topological polar surface area (TPSA) is 23.5 Å². The summed E-state index contributed by atoms with van der Waals surface area (Å²) in [6, 6.07) is 0. The average Bonchev–Trinajstić information content (AvgIpc) is 2.34. The molecule has 10 heavy (non-hydrogen) atoms. The van der Waals surface area contributed by atoms with Crippen molar-refractivity contribution in [2.45, 2.75) is 12.8 Å². The van der Waals surface area contributed by atoms with Gasteiger partial charge in [0.05, 0.1) is 0 Å². The quantitative estimate of drug-likeness (QED) is 0.547. The van der Waals surface area contributed by atoms with Crippen molar-refractivity contribution in [1.29, 1.82) is 0 Å². The summed E-state index contributed by atoms with van der Waals surface area (Å²) < 4.78 is 0. The fourth-order valence-electron chi connectivity index (χ4n) is 1.64. The molecule has 1 N–H and O–H groups in total. The summed E-state index contributed by atoms with van der Waals surface area (Å²) in [4.78, 5) is 0. The smallest absolute Gasteiger partial charge is 0.0456 e. The monoisotopic (exact) mass is 137 g/mol. The molecule has 2 aliphatic rings. The molecule has 0 radical (unpaired) electrons. The number of rotatable bonds is 0. The fraction of sp³-hybridized carbons (Fsp3) is 0.500. The minimum absolute atomic E-state index is 0.593. The maximum absolute atomic E-state index is 9.26. The van der Waals surface area contributed by atoms with Crippen LogP contribution in [0.3, 0.4) is 0 Å². The van der Waals surface area contributed by atoms with Crippen molar-refractivity contribution in [1.82, 2.24) is 5.06 Å². The van der Waals surface area contributed by atoms with Gasteiger partial charge in [0.1, 0.15) is 0 Å². The molecule has 0 aromatic rings. The molecule has 0 amide bonds. The first-order valence-electron chi connectivity index (χ1n) is 3.71. The van der Waals surface area contributed by atoms with Gasteiger partial charge in [-0.25, -0.2) is 0 Å². The molecule has 1 saturated heterocycles. The molecule has 2 nitrogen and oxygen atoms in total. The standard InChI is InChI=1S/C8H11NO/c10-9-6-5-7-3-1-2-4-8(7)9/h1-2,4,7,10H,3,5-6H2. The van der Waals surface area contributed by atoms with Crippen LogP contribution in [0.2, 0.25) is 0 Å². The number of nitrogens with zero attached hydrogens (tertiary/aromatic N) is 1. The summed E-state index contributed by atoms with van der Waals surface area (Å²) in [6.45, 7) is 0.804. The summed E-state index contributed by atoms with van der Waals surface area (Å²) in [5, 5.41) is 10.6. The van der Waals surface area contributed by atoms with Crippen LogP contribution < -0.4 is 0 Å². The third kappa shape index (κ3) is 0.762. The van der Waals surface area contributed by atoms with E-state index in [0.29, 0.717) is 5.92 Å². The van der Waals surface area contributed by atoms with Crippen molar-refractivity contribution < 1.29 is 5.21 Å². The number of hydroxylamine groups is 2. The van der Waals surface area contributed by atoms with Crippen molar-refractivity contribution in [3.63, 3.8) is 0 Å². The van der Waals surface area contributed by atoms with Gasteiger partial charge in [-0.3, -0.25) is 10.3 Å². The molecule has 0 bridgehead atoms. The third-order valence-electron chi connectivity index (χ3n) is 2.23. The first-order valence-corrected chi connectivity index (χ1v) is 3.71. The van der Waals surface area contributed by atoms with Gasteiger partial charge >= 0.3 is 0 Å². The maximum Gasteiger partial charge on any atom is 0.0456 e. The molecular formula is C8H11NO. The first-order chi connectivity index (χ1) is 4.88. The molecule has 1 unspecified atom stereocenters. The van der Waals surface area contributed by atoms with E-state index in [2.05, 4.69) is 6.08 Å². The van der Waals surface area contributed by atoms with Crippen LogP contribution in [0.4, 0.5) is 0 Å². The molecule has 1 aliphatic carbocycles. The lowest BCUT2D eigenvalue weighted by atomic mass is 9.97. The Balaban J connectivity index is 2.25. The molecule has 2 heteroatoms. The van der Waals surface area contributed by atoms with E-state index < -0.39 is 0 Å². The largest absolute Gasteiger partial charge is 0.289 e. The van der Waals surface area contributed by atoms with Crippen LogP contribution in [0.1, 0.15) is 12.8 Å².